The maximum Gasteiger partial charge on any atom is 0.409 e. The van der Waals surface area contributed by atoms with Crippen molar-refractivity contribution in [1.82, 2.24) is 15.1 Å². The molecule has 2 unspecified atom stereocenters. The van der Waals surface area contributed by atoms with Gasteiger partial charge in [-0.3, -0.25) is 19.3 Å². The molecule has 144 valence electrons. The average molecular weight is 365 g/mol. The second-order valence-corrected chi connectivity index (χ2v) is 7.37. The van der Waals surface area contributed by atoms with Crippen molar-refractivity contribution >= 4 is 23.8 Å². The van der Waals surface area contributed by atoms with E-state index in [4.69, 9.17) is 4.74 Å². The lowest BCUT2D eigenvalue weighted by Gasteiger charge is -2.31. The maximum atomic E-state index is 12.4. The van der Waals surface area contributed by atoms with Gasteiger partial charge >= 0.3 is 6.09 Å². The predicted octanol–water partition coefficient (Wildman–Crippen LogP) is 0.899. The molecule has 0 radical (unpaired) electrons. The number of hydrogen-bond acceptors (Lipinski definition) is 5. The van der Waals surface area contributed by atoms with Gasteiger partial charge in [0.25, 0.3) is 0 Å². The number of amides is 4. The number of fused-ring (bicyclic) bond motifs is 1. The highest BCUT2D eigenvalue weighted by Crippen LogP contribution is 2.37. The molecule has 0 spiro atoms. The van der Waals surface area contributed by atoms with Gasteiger partial charge in [0.05, 0.1) is 18.9 Å². The molecule has 26 heavy (non-hydrogen) atoms. The molecular weight excluding hydrogens is 338 g/mol. The molecule has 2 aliphatic heterocycles. The molecule has 8 heteroatoms. The predicted molar refractivity (Wildman–Crippen MR) is 91.9 cm³/mol. The Morgan fingerprint density at radius 2 is 1.62 bits per heavy atom. The molecule has 1 saturated carbocycles. The minimum absolute atomic E-state index is 0.0102. The minimum Gasteiger partial charge on any atom is -0.453 e. The Kier molecular flexibility index (Phi) is 5.78. The number of nitrogens with one attached hydrogen (secondary N) is 1. The van der Waals surface area contributed by atoms with E-state index < -0.39 is 0 Å². The van der Waals surface area contributed by atoms with Gasteiger partial charge in [0.1, 0.15) is 0 Å². The van der Waals surface area contributed by atoms with E-state index in [0.717, 1.165) is 25.7 Å². The zero-order valence-electron chi connectivity index (χ0n) is 15.2. The number of nitrogens with zero attached hydrogens (tertiary/aromatic N) is 2. The number of carbonyl (C=O) groups is 4. The number of rotatable bonds is 4. The van der Waals surface area contributed by atoms with Crippen LogP contribution in [0.2, 0.25) is 0 Å². The van der Waals surface area contributed by atoms with Gasteiger partial charge in [-0.15, -0.1) is 0 Å². The van der Waals surface area contributed by atoms with Crippen molar-refractivity contribution < 1.29 is 23.9 Å². The highest BCUT2D eigenvalue weighted by molar-refractivity contribution is 6.05. The Bertz CT molecular complexity index is 561. The number of imide groups is 1. The zero-order chi connectivity index (χ0) is 18.7. The number of ether oxygens (including phenoxy) is 1. The number of likely N-dealkylation sites (tertiary alicyclic amines) is 2. The molecule has 0 bridgehead atoms. The van der Waals surface area contributed by atoms with E-state index in [9.17, 15) is 19.2 Å². The molecule has 4 amide bonds. The number of methoxy groups -OCH3 is 1. The number of hydrogen-bond donors (Lipinski definition) is 1. The van der Waals surface area contributed by atoms with Crippen LogP contribution in [0.3, 0.4) is 0 Å². The third kappa shape index (κ3) is 3.83. The Labute approximate surface area is 153 Å². The highest BCUT2D eigenvalue weighted by atomic mass is 16.5. The molecule has 2 saturated heterocycles. The first kappa shape index (κ1) is 18.7. The standard InChI is InChI=1S/C18H27N3O5/c1-26-18(25)20-9-6-12(7-10-20)19-15(22)8-11-21-16(23)13-4-2-3-5-14(13)17(21)24/h12-14H,2-11H2,1H3,(H,19,22). The molecule has 2 atom stereocenters. The Morgan fingerprint density at radius 3 is 2.15 bits per heavy atom. The second-order valence-electron chi connectivity index (χ2n) is 7.37. The summed E-state index contributed by atoms with van der Waals surface area (Å²) >= 11 is 0. The normalized spacial score (nSPS) is 26.7. The van der Waals surface area contributed by atoms with E-state index in [-0.39, 0.29) is 54.7 Å². The number of piperidine rings is 1. The first-order valence-corrected chi connectivity index (χ1v) is 9.48. The van der Waals surface area contributed by atoms with Crippen LogP contribution in [0.5, 0.6) is 0 Å². The largest absolute Gasteiger partial charge is 0.453 e. The summed E-state index contributed by atoms with van der Waals surface area (Å²) in [7, 11) is 1.35. The SMILES string of the molecule is COC(=O)N1CCC(NC(=O)CCN2C(=O)C3CCCCC3C2=O)CC1. The Morgan fingerprint density at radius 1 is 1.04 bits per heavy atom. The summed E-state index contributed by atoms with van der Waals surface area (Å²) in [6.07, 6.45) is 4.71. The fourth-order valence-corrected chi connectivity index (χ4v) is 4.30. The lowest BCUT2D eigenvalue weighted by molar-refractivity contribution is -0.140. The van der Waals surface area contributed by atoms with E-state index in [2.05, 4.69) is 5.32 Å². The maximum absolute atomic E-state index is 12.4. The molecule has 1 aliphatic carbocycles. The van der Waals surface area contributed by atoms with Crippen molar-refractivity contribution in [3.8, 4) is 0 Å². The van der Waals surface area contributed by atoms with E-state index in [0.29, 0.717) is 25.9 Å². The van der Waals surface area contributed by atoms with Crippen molar-refractivity contribution in [3.63, 3.8) is 0 Å². The summed E-state index contributed by atoms with van der Waals surface area (Å²) in [6.45, 7) is 1.26. The van der Waals surface area contributed by atoms with Gasteiger partial charge in [-0.2, -0.15) is 0 Å². The summed E-state index contributed by atoms with van der Waals surface area (Å²) < 4.78 is 4.69. The van der Waals surface area contributed by atoms with Gasteiger partial charge in [0, 0.05) is 32.1 Å². The van der Waals surface area contributed by atoms with Crippen molar-refractivity contribution in [3.05, 3.63) is 0 Å². The minimum atomic E-state index is -0.345. The average Bonchev–Trinajstić information content (AvgIpc) is 2.91. The van der Waals surface area contributed by atoms with E-state index in [1.54, 1.807) is 4.90 Å². The monoisotopic (exact) mass is 365 g/mol. The quantitative estimate of drug-likeness (QED) is 0.747. The zero-order valence-corrected chi connectivity index (χ0v) is 15.2. The molecule has 0 aromatic carbocycles. The highest BCUT2D eigenvalue weighted by Gasteiger charge is 2.47. The summed E-state index contributed by atoms with van der Waals surface area (Å²) in [4.78, 5) is 51.4. The lowest BCUT2D eigenvalue weighted by atomic mass is 9.81. The third-order valence-electron chi connectivity index (χ3n) is 5.79. The van der Waals surface area contributed by atoms with Crippen LogP contribution < -0.4 is 5.32 Å². The van der Waals surface area contributed by atoms with Gasteiger partial charge in [-0.05, 0) is 25.7 Å². The molecule has 3 rings (SSSR count). The third-order valence-corrected chi connectivity index (χ3v) is 5.79. The van der Waals surface area contributed by atoms with Gasteiger partial charge in [-0.1, -0.05) is 12.8 Å². The fraction of sp³-hybridized carbons (Fsp3) is 0.778. The Hall–Kier alpha value is -2.12. The van der Waals surface area contributed by atoms with Crippen LogP contribution >= 0.6 is 0 Å². The van der Waals surface area contributed by atoms with E-state index >= 15 is 0 Å². The molecule has 0 aromatic rings. The smallest absolute Gasteiger partial charge is 0.409 e. The van der Waals surface area contributed by atoms with Crippen molar-refractivity contribution in [2.45, 2.75) is 51.0 Å². The van der Waals surface area contributed by atoms with Crippen molar-refractivity contribution in [1.29, 1.82) is 0 Å². The molecule has 8 nitrogen and oxygen atoms in total. The second kappa shape index (κ2) is 8.05. The van der Waals surface area contributed by atoms with Crippen LogP contribution in [0.4, 0.5) is 4.79 Å². The fourth-order valence-electron chi connectivity index (χ4n) is 4.30. The Balaban J connectivity index is 1.43. The van der Waals surface area contributed by atoms with Crippen LogP contribution in [0.1, 0.15) is 44.9 Å². The van der Waals surface area contributed by atoms with E-state index in [1.807, 2.05) is 0 Å². The lowest BCUT2D eigenvalue weighted by Crippen LogP contribution is -2.47. The van der Waals surface area contributed by atoms with Crippen LogP contribution in [0.25, 0.3) is 0 Å². The number of carbonyl (C=O) groups excluding carboxylic acids is 4. The van der Waals surface area contributed by atoms with E-state index in [1.165, 1.54) is 12.0 Å². The summed E-state index contributed by atoms with van der Waals surface area (Å²) in [5.41, 5.74) is 0. The summed E-state index contributed by atoms with van der Waals surface area (Å²) in [5.74, 6) is -0.682. The van der Waals surface area contributed by atoms with Gasteiger partial charge in [0.15, 0.2) is 0 Å². The van der Waals surface area contributed by atoms with Crippen molar-refractivity contribution in [2.75, 3.05) is 26.7 Å². The molecule has 3 fully saturated rings. The molecular formula is C18H27N3O5. The molecule has 2 heterocycles. The summed E-state index contributed by atoms with van der Waals surface area (Å²) in [5, 5.41) is 2.95. The van der Waals surface area contributed by atoms with Crippen LogP contribution in [0, 0.1) is 11.8 Å². The molecule has 3 aliphatic rings. The van der Waals surface area contributed by atoms with Crippen LogP contribution in [-0.4, -0.2) is 66.4 Å². The summed E-state index contributed by atoms with van der Waals surface area (Å²) in [6, 6.07) is 0.0102. The van der Waals surface area contributed by atoms with Crippen LogP contribution in [-0.2, 0) is 19.1 Å². The molecule has 0 aromatic heterocycles. The van der Waals surface area contributed by atoms with Crippen molar-refractivity contribution in [2.24, 2.45) is 11.8 Å². The topological polar surface area (TPSA) is 96.0 Å². The first-order valence-electron chi connectivity index (χ1n) is 9.48. The van der Waals surface area contributed by atoms with Gasteiger partial charge < -0.3 is 15.0 Å². The van der Waals surface area contributed by atoms with Gasteiger partial charge in [-0.25, -0.2) is 4.79 Å². The molecule has 1 N–H and O–H groups in total. The van der Waals surface area contributed by atoms with Gasteiger partial charge in [0.2, 0.25) is 17.7 Å². The first-order chi connectivity index (χ1) is 12.5. The van der Waals surface area contributed by atoms with Crippen LogP contribution in [0.15, 0.2) is 0 Å².